The molecule has 6 heteroatoms. The standard InChI is InChI=1S/C9H16N2O4/c1-9(2,15-7(12)5-10-3)6-4-11-8(13)14-6/h6,10H,4-5H2,1-3H3,(H,11,13)/t6-/m0/s1. The van der Waals surface area contributed by atoms with Crippen molar-refractivity contribution in [3.05, 3.63) is 0 Å². The second-order valence-corrected chi connectivity index (χ2v) is 3.88. The maximum atomic E-state index is 11.3. The topological polar surface area (TPSA) is 76.7 Å². The van der Waals surface area contributed by atoms with Crippen molar-refractivity contribution in [2.75, 3.05) is 20.1 Å². The molecule has 1 aliphatic rings. The highest BCUT2D eigenvalue weighted by Crippen LogP contribution is 2.20. The molecule has 1 rings (SSSR count). The van der Waals surface area contributed by atoms with Crippen LogP contribution in [0.15, 0.2) is 0 Å². The third kappa shape index (κ3) is 3.09. The van der Waals surface area contributed by atoms with Crippen molar-refractivity contribution in [3.63, 3.8) is 0 Å². The Morgan fingerprint density at radius 3 is 2.87 bits per heavy atom. The van der Waals surface area contributed by atoms with E-state index in [-0.39, 0.29) is 12.5 Å². The number of amides is 1. The molecule has 0 spiro atoms. The smallest absolute Gasteiger partial charge is 0.407 e. The number of cyclic esters (lactones) is 1. The molecule has 0 aliphatic carbocycles. The van der Waals surface area contributed by atoms with Crippen LogP contribution in [0.2, 0.25) is 0 Å². The number of nitrogens with one attached hydrogen (secondary N) is 2. The van der Waals surface area contributed by atoms with Gasteiger partial charge in [-0.3, -0.25) is 4.79 Å². The highest BCUT2D eigenvalue weighted by atomic mass is 16.6. The minimum atomic E-state index is -0.812. The van der Waals surface area contributed by atoms with E-state index in [4.69, 9.17) is 9.47 Å². The number of carbonyl (C=O) groups is 2. The number of rotatable bonds is 4. The Labute approximate surface area is 88.3 Å². The Morgan fingerprint density at radius 2 is 2.40 bits per heavy atom. The fourth-order valence-corrected chi connectivity index (χ4v) is 1.32. The first-order chi connectivity index (χ1) is 6.95. The summed E-state index contributed by atoms with van der Waals surface area (Å²) in [4.78, 5) is 22.1. The first-order valence-electron chi connectivity index (χ1n) is 4.76. The van der Waals surface area contributed by atoms with Crippen molar-refractivity contribution in [2.24, 2.45) is 0 Å². The molecule has 0 bridgehead atoms. The molecule has 0 unspecified atom stereocenters. The van der Waals surface area contributed by atoms with Crippen LogP contribution in [0, 0.1) is 0 Å². The molecule has 0 radical (unpaired) electrons. The van der Waals surface area contributed by atoms with Crippen molar-refractivity contribution in [3.8, 4) is 0 Å². The van der Waals surface area contributed by atoms with Crippen LogP contribution in [-0.2, 0) is 14.3 Å². The predicted molar refractivity (Wildman–Crippen MR) is 52.4 cm³/mol. The summed E-state index contributed by atoms with van der Waals surface area (Å²) in [6.07, 6.45) is -0.913. The zero-order valence-corrected chi connectivity index (χ0v) is 9.12. The molecule has 2 N–H and O–H groups in total. The Morgan fingerprint density at radius 1 is 1.73 bits per heavy atom. The van der Waals surface area contributed by atoms with Gasteiger partial charge in [0.2, 0.25) is 0 Å². The van der Waals surface area contributed by atoms with Crippen LogP contribution in [0.4, 0.5) is 4.79 Å². The summed E-state index contributed by atoms with van der Waals surface area (Å²) in [5, 5.41) is 5.20. The summed E-state index contributed by atoms with van der Waals surface area (Å²) in [6.45, 7) is 3.92. The van der Waals surface area contributed by atoms with Crippen LogP contribution in [0.25, 0.3) is 0 Å². The van der Waals surface area contributed by atoms with Gasteiger partial charge in [0.15, 0.2) is 6.10 Å². The van der Waals surface area contributed by atoms with Crippen LogP contribution in [-0.4, -0.2) is 43.9 Å². The summed E-state index contributed by atoms with van der Waals surface area (Å²) in [5.41, 5.74) is -0.812. The molecule has 1 saturated heterocycles. The highest BCUT2D eigenvalue weighted by Gasteiger charge is 2.40. The van der Waals surface area contributed by atoms with E-state index in [0.717, 1.165) is 0 Å². The summed E-state index contributed by atoms with van der Waals surface area (Å²) in [6, 6.07) is 0. The first kappa shape index (κ1) is 11.8. The molecule has 6 nitrogen and oxygen atoms in total. The average Bonchev–Trinajstić information content (AvgIpc) is 2.51. The molecule has 0 aromatic rings. The summed E-state index contributed by atoms with van der Waals surface area (Å²) >= 11 is 0. The van der Waals surface area contributed by atoms with Gasteiger partial charge in [-0.25, -0.2) is 4.79 Å². The predicted octanol–water partition coefficient (Wildman–Crippen LogP) is -0.364. The molecule has 0 aromatic heterocycles. The lowest BCUT2D eigenvalue weighted by Crippen LogP contribution is -2.44. The first-order valence-corrected chi connectivity index (χ1v) is 4.76. The Balaban J connectivity index is 2.50. The Hall–Kier alpha value is -1.30. The van der Waals surface area contributed by atoms with E-state index in [1.54, 1.807) is 20.9 Å². The number of carbonyl (C=O) groups excluding carboxylic acids is 2. The monoisotopic (exact) mass is 216 g/mol. The average molecular weight is 216 g/mol. The quantitative estimate of drug-likeness (QED) is 0.627. The number of alkyl carbamates (subject to hydrolysis) is 1. The van der Waals surface area contributed by atoms with Crippen molar-refractivity contribution in [1.82, 2.24) is 10.6 Å². The SMILES string of the molecule is CNCC(=O)OC(C)(C)[C@@H]1CNC(=O)O1. The molecule has 1 amide bonds. The van der Waals surface area contributed by atoms with Gasteiger partial charge in [0.05, 0.1) is 13.1 Å². The minimum absolute atomic E-state index is 0.136. The number of hydrogen-bond donors (Lipinski definition) is 2. The van der Waals surface area contributed by atoms with Gasteiger partial charge < -0.3 is 20.1 Å². The number of likely N-dealkylation sites (N-methyl/N-ethyl adjacent to an activating group) is 1. The highest BCUT2D eigenvalue weighted by molar-refractivity contribution is 5.72. The van der Waals surface area contributed by atoms with E-state index >= 15 is 0 Å². The van der Waals surface area contributed by atoms with Crippen LogP contribution in [0.3, 0.4) is 0 Å². The van der Waals surface area contributed by atoms with Crippen LogP contribution < -0.4 is 10.6 Å². The van der Waals surface area contributed by atoms with E-state index in [0.29, 0.717) is 6.54 Å². The maximum absolute atomic E-state index is 11.3. The van der Waals surface area contributed by atoms with Gasteiger partial charge in [0.1, 0.15) is 5.60 Å². The minimum Gasteiger partial charge on any atom is -0.455 e. The van der Waals surface area contributed by atoms with Crippen molar-refractivity contribution in [2.45, 2.75) is 25.6 Å². The van der Waals surface area contributed by atoms with E-state index in [2.05, 4.69) is 10.6 Å². The van der Waals surface area contributed by atoms with Gasteiger partial charge in [-0.15, -0.1) is 0 Å². The zero-order chi connectivity index (χ0) is 11.5. The largest absolute Gasteiger partial charge is 0.455 e. The lowest BCUT2D eigenvalue weighted by atomic mass is 10.0. The van der Waals surface area contributed by atoms with Crippen molar-refractivity contribution < 1.29 is 19.1 Å². The normalized spacial score (nSPS) is 20.7. The van der Waals surface area contributed by atoms with Gasteiger partial charge in [-0.1, -0.05) is 0 Å². The van der Waals surface area contributed by atoms with Crippen LogP contribution in [0.1, 0.15) is 13.8 Å². The lowest BCUT2D eigenvalue weighted by Gasteiger charge is -2.29. The lowest BCUT2D eigenvalue weighted by molar-refractivity contribution is -0.163. The molecule has 1 atom stereocenters. The van der Waals surface area contributed by atoms with E-state index in [1.807, 2.05) is 0 Å². The molecule has 15 heavy (non-hydrogen) atoms. The number of esters is 1. The summed E-state index contributed by atoms with van der Waals surface area (Å²) < 4.78 is 10.1. The van der Waals surface area contributed by atoms with Gasteiger partial charge in [0, 0.05) is 0 Å². The maximum Gasteiger partial charge on any atom is 0.407 e. The molecular formula is C9H16N2O4. The van der Waals surface area contributed by atoms with Crippen molar-refractivity contribution in [1.29, 1.82) is 0 Å². The van der Waals surface area contributed by atoms with Crippen molar-refractivity contribution >= 4 is 12.1 Å². The molecule has 1 aliphatic heterocycles. The third-order valence-corrected chi connectivity index (χ3v) is 2.15. The molecule has 1 heterocycles. The summed E-state index contributed by atoms with van der Waals surface area (Å²) in [5.74, 6) is -0.370. The molecule has 0 aromatic carbocycles. The number of ether oxygens (including phenoxy) is 2. The Kier molecular flexibility index (Phi) is 3.52. The number of hydrogen-bond acceptors (Lipinski definition) is 5. The third-order valence-electron chi connectivity index (χ3n) is 2.15. The van der Waals surface area contributed by atoms with Crippen LogP contribution in [0.5, 0.6) is 0 Å². The van der Waals surface area contributed by atoms with Gasteiger partial charge >= 0.3 is 12.1 Å². The summed E-state index contributed by atoms with van der Waals surface area (Å²) in [7, 11) is 1.66. The van der Waals surface area contributed by atoms with Gasteiger partial charge in [-0.2, -0.15) is 0 Å². The Bertz CT molecular complexity index is 265. The fraction of sp³-hybridized carbons (Fsp3) is 0.778. The second kappa shape index (κ2) is 4.48. The second-order valence-electron chi connectivity index (χ2n) is 3.88. The van der Waals surface area contributed by atoms with Gasteiger partial charge in [-0.05, 0) is 20.9 Å². The van der Waals surface area contributed by atoms with E-state index < -0.39 is 17.8 Å². The van der Waals surface area contributed by atoms with E-state index in [9.17, 15) is 9.59 Å². The zero-order valence-electron chi connectivity index (χ0n) is 9.12. The molecule has 86 valence electrons. The molecule has 1 fully saturated rings. The van der Waals surface area contributed by atoms with E-state index in [1.165, 1.54) is 0 Å². The molecule has 0 saturated carbocycles. The van der Waals surface area contributed by atoms with Gasteiger partial charge in [0.25, 0.3) is 0 Å². The fourth-order valence-electron chi connectivity index (χ4n) is 1.32. The van der Waals surface area contributed by atoms with Crippen LogP contribution >= 0.6 is 0 Å². The molecular weight excluding hydrogens is 200 g/mol.